The number of fused-ring (bicyclic) bond motifs is 1. The van der Waals surface area contributed by atoms with E-state index in [0.717, 1.165) is 22.2 Å². The second kappa shape index (κ2) is 8.12. The van der Waals surface area contributed by atoms with Gasteiger partial charge in [0.25, 0.3) is 0 Å². The fourth-order valence-corrected chi connectivity index (χ4v) is 3.52. The Balaban J connectivity index is 1.63. The molecule has 0 fully saturated rings. The molecule has 0 saturated carbocycles. The maximum Gasteiger partial charge on any atom is 0.418 e. The molecule has 8 nitrogen and oxygen atoms in total. The number of aliphatic carboxylic acids is 1. The molecule has 0 radical (unpaired) electrons. The van der Waals surface area contributed by atoms with Gasteiger partial charge < -0.3 is 19.4 Å². The number of rotatable bonds is 6. The highest BCUT2D eigenvalue weighted by atomic mass is 16.6. The SMILES string of the molecule is Cn1c(NC(=O)Oc2ccccc2-c2cnc[nH]2)c(CCC(=O)O)c2ccccc21. The molecule has 0 spiro atoms. The van der Waals surface area contributed by atoms with Crippen molar-refractivity contribution in [2.45, 2.75) is 12.8 Å². The molecule has 0 atom stereocenters. The molecule has 2 aromatic heterocycles. The van der Waals surface area contributed by atoms with Gasteiger partial charge in [-0.15, -0.1) is 0 Å². The van der Waals surface area contributed by atoms with Crippen molar-refractivity contribution in [3.63, 3.8) is 0 Å². The fourth-order valence-electron chi connectivity index (χ4n) is 3.52. The second-order valence-electron chi connectivity index (χ2n) is 6.77. The maximum atomic E-state index is 12.7. The molecule has 30 heavy (non-hydrogen) atoms. The van der Waals surface area contributed by atoms with Crippen molar-refractivity contribution in [1.29, 1.82) is 0 Å². The van der Waals surface area contributed by atoms with Crippen LogP contribution in [0.15, 0.2) is 61.1 Å². The number of benzene rings is 2. The standard InChI is InChI=1S/C22H20N4O4/c1-26-18-8-4-2-6-14(18)15(10-11-20(27)28)21(26)25-22(29)30-19-9-5-3-7-16(19)17-12-23-13-24-17/h2-9,12-13H,10-11H2,1H3,(H,23,24)(H,25,29)(H,27,28). The minimum Gasteiger partial charge on any atom is -0.481 e. The first-order valence-electron chi connectivity index (χ1n) is 9.39. The number of aromatic nitrogens is 3. The van der Waals surface area contributed by atoms with Crippen molar-refractivity contribution in [1.82, 2.24) is 14.5 Å². The summed E-state index contributed by atoms with van der Waals surface area (Å²) in [7, 11) is 1.82. The van der Waals surface area contributed by atoms with Crippen molar-refractivity contribution >= 4 is 28.8 Å². The zero-order valence-electron chi connectivity index (χ0n) is 16.3. The van der Waals surface area contributed by atoms with Crippen molar-refractivity contribution < 1.29 is 19.4 Å². The summed E-state index contributed by atoms with van der Waals surface area (Å²) < 4.78 is 7.41. The molecule has 8 heteroatoms. The Morgan fingerprint density at radius 3 is 2.70 bits per heavy atom. The molecule has 2 heterocycles. The topological polar surface area (TPSA) is 109 Å². The smallest absolute Gasteiger partial charge is 0.418 e. The number of para-hydroxylation sites is 2. The molecular formula is C22H20N4O4. The number of anilines is 1. The number of nitrogens with one attached hydrogen (secondary N) is 2. The molecule has 152 valence electrons. The molecule has 4 rings (SSSR count). The van der Waals surface area contributed by atoms with Crippen molar-refractivity contribution in [2.75, 3.05) is 5.32 Å². The van der Waals surface area contributed by atoms with Gasteiger partial charge in [-0.3, -0.25) is 10.1 Å². The summed E-state index contributed by atoms with van der Waals surface area (Å²) in [6.07, 6.45) is 2.78. The number of imidazole rings is 1. The van der Waals surface area contributed by atoms with Crippen LogP contribution < -0.4 is 10.1 Å². The van der Waals surface area contributed by atoms with Gasteiger partial charge in [0.15, 0.2) is 0 Å². The van der Waals surface area contributed by atoms with Gasteiger partial charge in [-0.1, -0.05) is 30.3 Å². The Morgan fingerprint density at radius 1 is 1.17 bits per heavy atom. The van der Waals surface area contributed by atoms with E-state index < -0.39 is 12.1 Å². The molecule has 0 aliphatic heterocycles. The highest BCUT2D eigenvalue weighted by Gasteiger charge is 2.19. The largest absolute Gasteiger partial charge is 0.481 e. The summed E-state index contributed by atoms with van der Waals surface area (Å²) in [6.45, 7) is 0. The number of hydrogen-bond donors (Lipinski definition) is 3. The van der Waals surface area contributed by atoms with Gasteiger partial charge in [-0.25, -0.2) is 9.78 Å². The zero-order chi connectivity index (χ0) is 21.1. The number of hydrogen-bond acceptors (Lipinski definition) is 4. The number of carboxylic acids is 1. The van der Waals surface area contributed by atoms with Crippen LogP contribution in [0, 0.1) is 0 Å². The van der Waals surface area contributed by atoms with Crippen LogP contribution in [0.2, 0.25) is 0 Å². The van der Waals surface area contributed by atoms with Crippen LogP contribution in [0.4, 0.5) is 10.6 Å². The second-order valence-corrected chi connectivity index (χ2v) is 6.77. The van der Waals surface area contributed by atoms with Crippen LogP contribution >= 0.6 is 0 Å². The minimum absolute atomic E-state index is 0.0413. The number of carboxylic acid groups (broad SMARTS) is 1. The van der Waals surface area contributed by atoms with Crippen LogP contribution in [-0.2, 0) is 18.3 Å². The quantitative estimate of drug-likeness (QED) is 0.446. The Hall–Kier alpha value is -4.07. The van der Waals surface area contributed by atoms with E-state index in [2.05, 4.69) is 15.3 Å². The molecular weight excluding hydrogens is 384 g/mol. The van der Waals surface area contributed by atoms with Crippen molar-refractivity contribution in [3.8, 4) is 17.0 Å². The van der Waals surface area contributed by atoms with Crippen LogP contribution in [0.3, 0.4) is 0 Å². The zero-order valence-corrected chi connectivity index (χ0v) is 16.3. The van der Waals surface area contributed by atoms with Gasteiger partial charge in [0.05, 0.1) is 18.2 Å². The lowest BCUT2D eigenvalue weighted by atomic mass is 10.1. The molecule has 0 aliphatic rings. The molecule has 0 aliphatic carbocycles. The van der Waals surface area contributed by atoms with E-state index >= 15 is 0 Å². The number of H-pyrrole nitrogens is 1. The third-order valence-corrected chi connectivity index (χ3v) is 4.90. The lowest BCUT2D eigenvalue weighted by Crippen LogP contribution is -2.20. The summed E-state index contributed by atoms with van der Waals surface area (Å²) in [4.78, 5) is 30.9. The first kappa shape index (κ1) is 19.3. The first-order valence-corrected chi connectivity index (χ1v) is 9.39. The summed E-state index contributed by atoms with van der Waals surface area (Å²) in [5, 5.41) is 12.8. The lowest BCUT2D eigenvalue weighted by Gasteiger charge is -2.12. The van der Waals surface area contributed by atoms with E-state index in [1.165, 1.54) is 0 Å². The number of carbonyl (C=O) groups is 2. The summed E-state index contributed by atoms with van der Waals surface area (Å²) in [5.41, 5.74) is 3.08. The Kier molecular flexibility index (Phi) is 5.21. The Morgan fingerprint density at radius 2 is 1.93 bits per heavy atom. The van der Waals surface area contributed by atoms with E-state index in [9.17, 15) is 9.59 Å². The number of carbonyl (C=O) groups excluding carboxylic acids is 1. The molecule has 0 saturated heterocycles. The molecule has 4 aromatic rings. The molecule has 0 bridgehead atoms. The summed E-state index contributed by atoms with van der Waals surface area (Å²) in [5.74, 6) is -0.00323. The van der Waals surface area contributed by atoms with Crippen LogP contribution in [0.1, 0.15) is 12.0 Å². The van der Waals surface area contributed by atoms with Crippen molar-refractivity contribution in [3.05, 3.63) is 66.6 Å². The molecule has 0 unspecified atom stereocenters. The van der Waals surface area contributed by atoms with E-state index in [1.54, 1.807) is 24.7 Å². The number of ether oxygens (including phenoxy) is 1. The summed E-state index contributed by atoms with van der Waals surface area (Å²) in [6, 6.07) is 14.8. The Labute approximate surface area is 172 Å². The maximum absolute atomic E-state index is 12.7. The van der Waals surface area contributed by atoms with Gasteiger partial charge in [-0.2, -0.15) is 0 Å². The first-order chi connectivity index (χ1) is 14.5. The van der Waals surface area contributed by atoms with Crippen LogP contribution in [-0.4, -0.2) is 31.7 Å². The number of aromatic amines is 1. The number of amides is 1. The molecule has 1 amide bonds. The minimum atomic E-state index is -0.898. The highest BCUT2D eigenvalue weighted by Crippen LogP contribution is 2.32. The predicted molar refractivity (Wildman–Crippen MR) is 113 cm³/mol. The van der Waals surface area contributed by atoms with Gasteiger partial charge in [0.1, 0.15) is 11.6 Å². The third-order valence-electron chi connectivity index (χ3n) is 4.90. The predicted octanol–water partition coefficient (Wildman–Crippen LogP) is 4.20. The van der Waals surface area contributed by atoms with Gasteiger partial charge in [0, 0.05) is 35.5 Å². The van der Waals surface area contributed by atoms with Crippen LogP contribution in [0.5, 0.6) is 5.75 Å². The van der Waals surface area contributed by atoms with E-state index in [-0.39, 0.29) is 12.8 Å². The average Bonchev–Trinajstić information content (AvgIpc) is 3.35. The third kappa shape index (κ3) is 3.75. The van der Waals surface area contributed by atoms with E-state index in [0.29, 0.717) is 17.1 Å². The Bertz CT molecular complexity index is 1210. The average molecular weight is 404 g/mol. The molecule has 3 N–H and O–H groups in total. The fraction of sp³-hybridized carbons (Fsp3) is 0.136. The van der Waals surface area contributed by atoms with Gasteiger partial charge in [-0.05, 0) is 24.6 Å². The summed E-state index contributed by atoms with van der Waals surface area (Å²) >= 11 is 0. The number of nitrogens with zero attached hydrogens (tertiary/aromatic N) is 2. The number of aryl methyl sites for hydroxylation is 2. The molecule has 2 aromatic carbocycles. The van der Waals surface area contributed by atoms with Gasteiger partial charge in [0.2, 0.25) is 0 Å². The lowest BCUT2D eigenvalue weighted by molar-refractivity contribution is -0.136. The van der Waals surface area contributed by atoms with Gasteiger partial charge >= 0.3 is 12.1 Å². The van der Waals surface area contributed by atoms with E-state index in [4.69, 9.17) is 9.84 Å². The van der Waals surface area contributed by atoms with Crippen LogP contribution in [0.25, 0.3) is 22.2 Å². The highest BCUT2D eigenvalue weighted by molar-refractivity contribution is 5.96. The normalized spacial score (nSPS) is 10.8. The van der Waals surface area contributed by atoms with Crippen molar-refractivity contribution in [2.24, 2.45) is 7.05 Å². The van der Waals surface area contributed by atoms with E-state index in [1.807, 2.05) is 48.0 Å². The monoisotopic (exact) mass is 404 g/mol.